The van der Waals surface area contributed by atoms with Crippen LogP contribution in [0.25, 0.3) is 11.3 Å². The summed E-state index contributed by atoms with van der Waals surface area (Å²) in [7, 11) is 0. The number of amides is 1. The molecule has 0 spiro atoms. The van der Waals surface area contributed by atoms with E-state index in [0.29, 0.717) is 5.69 Å². The van der Waals surface area contributed by atoms with Gasteiger partial charge in [0.05, 0.1) is 13.0 Å². The normalized spacial score (nSPS) is 12.8. The minimum atomic E-state index is -0.359. The van der Waals surface area contributed by atoms with Crippen LogP contribution in [-0.4, -0.2) is 10.5 Å². The van der Waals surface area contributed by atoms with Crippen molar-refractivity contribution >= 4 is 11.6 Å². The minimum Gasteiger partial charge on any atom is -0.323 e. The van der Waals surface area contributed by atoms with Gasteiger partial charge in [-0.3, -0.25) is 4.79 Å². The Morgan fingerprint density at radius 3 is 2.81 bits per heavy atom. The van der Waals surface area contributed by atoms with Gasteiger partial charge < -0.3 is 5.32 Å². The van der Waals surface area contributed by atoms with Gasteiger partial charge in [-0.1, -0.05) is 35.9 Å². The zero-order valence-electron chi connectivity index (χ0n) is 14.7. The average molecular weight is 350 g/mol. The monoisotopic (exact) mass is 350 g/mol. The first-order chi connectivity index (χ1) is 12.6. The van der Waals surface area contributed by atoms with Gasteiger partial charge >= 0.3 is 0 Å². The molecule has 0 saturated carbocycles. The van der Waals surface area contributed by atoms with Gasteiger partial charge in [0.15, 0.2) is 12.2 Å². The summed E-state index contributed by atoms with van der Waals surface area (Å²) in [4.78, 5) is 12.4. The van der Waals surface area contributed by atoms with E-state index in [0.717, 1.165) is 36.5 Å². The lowest BCUT2D eigenvalue weighted by molar-refractivity contribution is -0.690. The zero-order chi connectivity index (χ0) is 18.1. The molecule has 1 amide bonds. The summed E-state index contributed by atoms with van der Waals surface area (Å²) in [6, 6.07) is 14.4. The number of carbonyl (C=O) groups is 1. The van der Waals surface area contributed by atoms with E-state index in [4.69, 9.17) is 0 Å². The Balaban J connectivity index is 1.58. The predicted octanol–water partition coefficient (Wildman–Crippen LogP) is 3.48. The van der Waals surface area contributed by atoms with Crippen molar-refractivity contribution in [1.29, 1.82) is 0 Å². The van der Waals surface area contributed by atoms with Crippen molar-refractivity contribution in [2.45, 2.75) is 32.9 Å². The van der Waals surface area contributed by atoms with Crippen LogP contribution >= 0.6 is 0 Å². The van der Waals surface area contributed by atoms with E-state index in [2.05, 4.69) is 41.1 Å². The molecule has 0 unspecified atom stereocenters. The van der Waals surface area contributed by atoms with Gasteiger partial charge in [-0.15, -0.1) is 0 Å². The van der Waals surface area contributed by atoms with Crippen molar-refractivity contribution in [3.63, 3.8) is 0 Å². The first-order valence-corrected chi connectivity index (χ1v) is 8.84. The third-order valence-corrected chi connectivity index (χ3v) is 4.76. The highest BCUT2D eigenvalue weighted by Crippen LogP contribution is 2.25. The van der Waals surface area contributed by atoms with Crippen LogP contribution < -0.4 is 9.88 Å². The van der Waals surface area contributed by atoms with Crippen LogP contribution in [0.2, 0.25) is 0 Å². The fraction of sp³-hybridized carbons (Fsp3) is 0.238. The Morgan fingerprint density at radius 1 is 1.23 bits per heavy atom. The summed E-state index contributed by atoms with van der Waals surface area (Å²) in [6.45, 7) is 3.26. The van der Waals surface area contributed by atoms with Gasteiger partial charge in [0.25, 0.3) is 11.7 Å². The number of nitrogens with zero attached hydrogens (tertiary/aromatic N) is 2. The van der Waals surface area contributed by atoms with Gasteiger partial charge in [-0.25, -0.2) is 13.5 Å². The van der Waals surface area contributed by atoms with E-state index in [1.165, 1.54) is 17.7 Å². The molecule has 132 valence electrons. The Bertz CT molecular complexity index is 960. The quantitative estimate of drug-likeness (QED) is 0.719. The summed E-state index contributed by atoms with van der Waals surface area (Å²) in [5.74, 6) is 0.646. The largest absolute Gasteiger partial charge is 0.323 e. The molecule has 4 nitrogen and oxygen atoms in total. The van der Waals surface area contributed by atoms with Crippen molar-refractivity contribution < 1.29 is 13.8 Å². The highest BCUT2D eigenvalue weighted by molar-refractivity contribution is 5.89. The smallest absolute Gasteiger partial charge is 0.266 e. The average Bonchev–Trinajstić information content (AvgIpc) is 3.20. The first kappa shape index (κ1) is 16.5. The van der Waals surface area contributed by atoms with Gasteiger partial charge in [0.2, 0.25) is 0 Å². The second-order valence-corrected chi connectivity index (χ2v) is 6.74. The van der Waals surface area contributed by atoms with Crippen LogP contribution in [0.5, 0.6) is 0 Å². The molecule has 5 heteroatoms. The van der Waals surface area contributed by atoms with E-state index in [1.807, 2.05) is 10.8 Å². The highest BCUT2D eigenvalue weighted by Gasteiger charge is 2.29. The molecule has 0 saturated heterocycles. The van der Waals surface area contributed by atoms with E-state index < -0.39 is 0 Å². The van der Waals surface area contributed by atoms with Crippen molar-refractivity contribution in [2.75, 3.05) is 5.32 Å². The molecular weight excluding hydrogens is 329 g/mol. The van der Waals surface area contributed by atoms with E-state index >= 15 is 0 Å². The molecule has 26 heavy (non-hydrogen) atoms. The summed E-state index contributed by atoms with van der Waals surface area (Å²) < 4.78 is 17.6. The van der Waals surface area contributed by atoms with Crippen LogP contribution in [0.15, 0.2) is 54.7 Å². The molecule has 0 radical (unpaired) electrons. The standard InChI is InChI=1S/C21H20FN3O/c1-15-7-9-16(10-8-15)19-13-24(21-6-3-11-25(19)21)14-20(26)23-18-5-2-4-17(22)12-18/h2,4-5,7-10,12-13H,3,6,11,14H2,1H3/p+1. The molecule has 2 heterocycles. The minimum absolute atomic E-state index is 0.156. The molecule has 0 fully saturated rings. The Kier molecular flexibility index (Phi) is 4.29. The highest BCUT2D eigenvalue weighted by atomic mass is 19.1. The molecular formula is C21H21FN3O+. The number of aryl methyl sites for hydroxylation is 1. The fourth-order valence-corrected chi connectivity index (χ4v) is 3.52. The van der Waals surface area contributed by atoms with Crippen molar-refractivity contribution in [3.8, 4) is 11.3 Å². The number of hydrogen-bond donors (Lipinski definition) is 1. The Hall–Kier alpha value is -2.95. The lowest BCUT2D eigenvalue weighted by Crippen LogP contribution is -2.42. The number of imidazole rings is 1. The molecule has 3 aromatic rings. The maximum atomic E-state index is 13.3. The summed E-state index contributed by atoms with van der Waals surface area (Å²) >= 11 is 0. The number of halogens is 1. The van der Waals surface area contributed by atoms with Crippen molar-refractivity contribution in [2.24, 2.45) is 0 Å². The molecule has 0 aliphatic carbocycles. The maximum absolute atomic E-state index is 13.3. The topological polar surface area (TPSA) is 37.9 Å². The van der Waals surface area contributed by atoms with Crippen molar-refractivity contribution in [1.82, 2.24) is 4.57 Å². The molecule has 1 N–H and O–H groups in total. The van der Waals surface area contributed by atoms with Crippen LogP contribution in [0.4, 0.5) is 10.1 Å². The summed E-state index contributed by atoms with van der Waals surface area (Å²) in [5, 5.41) is 2.77. The number of fused-ring (bicyclic) bond motifs is 1. The summed E-state index contributed by atoms with van der Waals surface area (Å²) in [5.41, 5.74) is 3.99. The third kappa shape index (κ3) is 3.25. The van der Waals surface area contributed by atoms with Crippen molar-refractivity contribution in [3.05, 3.63) is 71.9 Å². The Labute approximate surface area is 151 Å². The lowest BCUT2D eigenvalue weighted by Gasteiger charge is -2.04. The van der Waals surface area contributed by atoms with E-state index in [1.54, 1.807) is 12.1 Å². The Morgan fingerprint density at radius 2 is 2.04 bits per heavy atom. The maximum Gasteiger partial charge on any atom is 0.266 e. The second kappa shape index (κ2) is 6.75. The zero-order valence-corrected chi connectivity index (χ0v) is 14.7. The number of hydrogen-bond acceptors (Lipinski definition) is 1. The first-order valence-electron chi connectivity index (χ1n) is 8.84. The van der Waals surface area contributed by atoms with Crippen LogP contribution in [0.1, 0.15) is 17.8 Å². The van der Waals surface area contributed by atoms with Gasteiger partial charge in [-0.05, 0) is 31.5 Å². The van der Waals surface area contributed by atoms with Crippen LogP contribution in [-0.2, 0) is 24.3 Å². The predicted molar refractivity (Wildman–Crippen MR) is 98.2 cm³/mol. The van der Waals surface area contributed by atoms with E-state index in [-0.39, 0.29) is 18.3 Å². The number of anilines is 1. The van der Waals surface area contributed by atoms with E-state index in [9.17, 15) is 9.18 Å². The molecule has 2 aromatic carbocycles. The summed E-state index contributed by atoms with van der Waals surface area (Å²) in [6.07, 6.45) is 4.09. The molecule has 1 aliphatic rings. The second-order valence-electron chi connectivity index (χ2n) is 6.74. The van der Waals surface area contributed by atoms with Crippen LogP contribution in [0, 0.1) is 12.7 Å². The fourth-order valence-electron chi connectivity index (χ4n) is 3.52. The molecule has 1 aromatic heterocycles. The van der Waals surface area contributed by atoms with Gasteiger partial charge in [0, 0.05) is 11.3 Å². The number of nitrogens with one attached hydrogen (secondary N) is 1. The third-order valence-electron chi connectivity index (χ3n) is 4.76. The lowest BCUT2D eigenvalue weighted by atomic mass is 10.1. The van der Waals surface area contributed by atoms with Crippen LogP contribution in [0.3, 0.4) is 0 Å². The SMILES string of the molecule is Cc1ccc(-c2c[n+](CC(=O)Nc3cccc(F)c3)c3n2CCC3)cc1. The van der Waals surface area contributed by atoms with Gasteiger partial charge in [-0.2, -0.15) is 0 Å². The molecule has 0 atom stereocenters. The number of rotatable bonds is 4. The number of carbonyl (C=O) groups excluding carboxylic acids is 1. The molecule has 4 rings (SSSR count). The number of benzene rings is 2. The van der Waals surface area contributed by atoms with Gasteiger partial charge in [0.1, 0.15) is 12.0 Å². The molecule has 0 bridgehead atoms. The number of aromatic nitrogens is 2. The molecule has 1 aliphatic heterocycles.